The summed E-state index contributed by atoms with van der Waals surface area (Å²) in [5, 5.41) is 7.27. The second kappa shape index (κ2) is 5.79. The van der Waals surface area contributed by atoms with Gasteiger partial charge in [-0.2, -0.15) is 0 Å². The topological polar surface area (TPSA) is 86.7 Å². The number of nitrogens with one attached hydrogen (secondary N) is 1. The number of carboxylic acids is 1. The van der Waals surface area contributed by atoms with Gasteiger partial charge in [-0.05, 0) is 32.9 Å². The van der Waals surface area contributed by atoms with Crippen molar-refractivity contribution in [1.82, 2.24) is 9.62 Å². The summed E-state index contributed by atoms with van der Waals surface area (Å²) in [4.78, 5) is 12.8. The molecule has 100 valence electrons. The first kappa shape index (κ1) is 14.4. The van der Waals surface area contributed by atoms with E-state index in [2.05, 4.69) is 9.62 Å². The van der Waals surface area contributed by atoms with Gasteiger partial charge < -0.3 is 5.11 Å². The van der Waals surface area contributed by atoms with Crippen LogP contribution in [0.25, 0.3) is 0 Å². The van der Waals surface area contributed by atoms with E-state index in [1.54, 1.807) is 0 Å². The third-order valence-corrected chi connectivity index (χ3v) is 4.94. The minimum absolute atomic E-state index is 0.191. The Balaban J connectivity index is 2.52. The van der Waals surface area contributed by atoms with Gasteiger partial charge >= 0.3 is 5.97 Å². The predicted octanol–water partition coefficient (Wildman–Crippen LogP) is -0.137. The molecule has 2 unspecified atom stereocenters. The summed E-state index contributed by atoms with van der Waals surface area (Å²) in [6, 6.07) is 0.191. The summed E-state index contributed by atoms with van der Waals surface area (Å²) in [6.45, 7) is 5.38. The molecular weight excluding hydrogens is 244 g/mol. The molecule has 1 rings (SSSR count). The highest BCUT2D eigenvalue weighted by Gasteiger charge is 2.30. The summed E-state index contributed by atoms with van der Waals surface area (Å²) in [6.07, 6.45) is 2.02. The van der Waals surface area contributed by atoms with E-state index in [1.165, 1.54) is 6.92 Å². The number of hydrogen-bond donors (Lipinski definition) is 2. The van der Waals surface area contributed by atoms with E-state index in [-0.39, 0.29) is 6.04 Å². The standard InChI is InChI=1S/C10H20N2O4S/c1-3-12-6-4-5-9(12)7-11-17(15,16)8(2)10(13)14/h8-9,11H,3-7H2,1-2H3,(H,13,14). The minimum Gasteiger partial charge on any atom is -0.480 e. The van der Waals surface area contributed by atoms with Crippen LogP contribution in [-0.2, 0) is 14.8 Å². The van der Waals surface area contributed by atoms with Crippen LogP contribution >= 0.6 is 0 Å². The summed E-state index contributed by atoms with van der Waals surface area (Å²) in [7, 11) is -3.75. The zero-order valence-corrected chi connectivity index (χ0v) is 11.0. The average Bonchev–Trinajstić information content (AvgIpc) is 2.72. The Bertz CT molecular complexity index is 369. The molecule has 1 aliphatic rings. The Labute approximate surface area is 102 Å². The van der Waals surface area contributed by atoms with Crippen LogP contribution < -0.4 is 4.72 Å². The highest BCUT2D eigenvalue weighted by Crippen LogP contribution is 2.16. The molecule has 2 atom stereocenters. The smallest absolute Gasteiger partial charge is 0.323 e. The molecule has 1 saturated heterocycles. The Morgan fingerprint density at radius 2 is 2.24 bits per heavy atom. The molecule has 0 bridgehead atoms. The normalized spacial score (nSPS) is 23.8. The summed E-state index contributed by atoms with van der Waals surface area (Å²) < 4.78 is 25.6. The van der Waals surface area contributed by atoms with Gasteiger partial charge in [0.15, 0.2) is 5.25 Å². The summed E-state index contributed by atoms with van der Waals surface area (Å²) >= 11 is 0. The van der Waals surface area contributed by atoms with Crippen molar-refractivity contribution in [3.63, 3.8) is 0 Å². The van der Waals surface area contributed by atoms with E-state index in [0.717, 1.165) is 25.9 Å². The van der Waals surface area contributed by atoms with Crippen molar-refractivity contribution in [2.75, 3.05) is 19.6 Å². The quantitative estimate of drug-likeness (QED) is 0.697. The monoisotopic (exact) mass is 264 g/mol. The number of sulfonamides is 1. The Kier molecular flexibility index (Phi) is 4.91. The van der Waals surface area contributed by atoms with Crippen molar-refractivity contribution in [2.24, 2.45) is 0 Å². The van der Waals surface area contributed by atoms with E-state index in [9.17, 15) is 13.2 Å². The van der Waals surface area contributed by atoms with Crippen molar-refractivity contribution < 1.29 is 18.3 Å². The third-order valence-electron chi connectivity index (χ3n) is 3.24. The zero-order valence-electron chi connectivity index (χ0n) is 10.2. The Morgan fingerprint density at radius 3 is 2.76 bits per heavy atom. The number of likely N-dealkylation sites (N-methyl/N-ethyl adjacent to an activating group) is 1. The van der Waals surface area contributed by atoms with Gasteiger partial charge in [0.1, 0.15) is 0 Å². The van der Waals surface area contributed by atoms with Crippen molar-refractivity contribution >= 4 is 16.0 Å². The Morgan fingerprint density at radius 1 is 1.59 bits per heavy atom. The lowest BCUT2D eigenvalue weighted by molar-refractivity contribution is -0.136. The average molecular weight is 264 g/mol. The van der Waals surface area contributed by atoms with Gasteiger partial charge in [-0.3, -0.25) is 9.69 Å². The van der Waals surface area contributed by atoms with Crippen LogP contribution in [0.2, 0.25) is 0 Å². The first-order chi connectivity index (χ1) is 7.88. The van der Waals surface area contributed by atoms with Crippen LogP contribution in [0.1, 0.15) is 26.7 Å². The highest BCUT2D eigenvalue weighted by atomic mass is 32.2. The molecule has 17 heavy (non-hydrogen) atoms. The molecule has 1 heterocycles. The lowest BCUT2D eigenvalue weighted by Gasteiger charge is -2.23. The lowest BCUT2D eigenvalue weighted by Crippen LogP contribution is -2.44. The number of rotatable bonds is 6. The first-order valence-electron chi connectivity index (χ1n) is 5.83. The van der Waals surface area contributed by atoms with Crippen LogP contribution in [-0.4, -0.2) is 55.3 Å². The molecule has 2 N–H and O–H groups in total. The second-order valence-corrected chi connectivity index (χ2v) is 6.38. The van der Waals surface area contributed by atoms with Gasteiger partial charge in [0.05, 0.1) is 0 Å². The molecule has 0 spiro atoms. The van der Waals surface area contributed by atoms with Gasteiger partial charge in [0.2, 0.25) is 10.0 Å². The number of carbonyl (C=O) groups is 1. The van der Waals surface area contributed by atoms with Gasteiger partial charge in [-0.1, -0.05) is 6.92 Å². The molecule has 1 aliphatic heterocycles. The predicted molar refractivity (Wildman–Crippen MR) is 64.3 cm³/mol. The van der Waals surface area contributed by atoms with Gasteiger partial charge in [-0.15, -0.1) is 0 Å². The van der Waals surface area contributed by atoms with Crippen molar-refractivity contribution in [1.29, 1.82) is 0 Å². The SMILES string of the molecule is CCN1CCCC1CNS(=O)(=O)C(C)C(=O)O. The largest absolute Gasteiger partial charge is 0.480 e. The van der Waals surface area contributed by atoms with E-state index in [0.29, 0.717) is 6.54 Å². The van der Waals surface area contributed by atoms with Gasteiger partial charge in [0, 0.05) is 12.6 Å². The van der Waals surface area contributed by atoms with Gasteiger partial charge in [0.25, 0.3) is 0 Å². The molecule has 0 saturated carbocycles. The number of carboxylic acid groups (broad SMARTS) is 1. The molecule has 6 nitrogen and oxygen atoms in total. The highest BCUT2D eigenvalue weighted by molar-refractivity contribution is 7.90. The van der Waals surface area contributed by atoms with E-state index in [1.807, 2.05) is 6.92 Å². The number of aliphatic carboxylic acids is 1. The first-order valence-corrected chi connectivity index (χ1v) is 7.38. The van der Waals surface area contributed by atoms with Gasteiger partial charge in [-0.25, -0.2) is 13.1 Å². The number of nitrogens with zero attached hydrogens (tertiary/aromatic N) is 1. The molecule has 7 heteroatoms. The number of hydrogen-bond acceptors (Lipinski definition) is 4. The minimum atomic E-state index is -3.75. The van der Waals surface area contributed by atoms with Crippen LogP contribution in [0.15, 0.2) is 0 Å². The molecule has 1 fully saturated rings. The molecule has 0 amide bonds. The van der Waals surface area contributed by atoms with Crippen LogP contribution in [0, 0.1) is 0 Å². The lowest BCUT2D eigenvalue weighted by atomic mass is 10.2. The maximum absolute atomic E-state index is 11.6. The van der Waals surface area contributed by atoms with E-state index >= 15 is 0 Å². The number of likely N-dealkylation sites (tertiary alicyclic amines) is 1. The molecule has 0 aromatic rings. The van der Waals surface area contributed by atoms with Crippen LogP contribution in [0.5, 0.6) is 0 Å². The maximum atomic E-state index is 11.6. The zero-order chi connectivity index (χ0) is 13.1. The van der Waals surface area contributed by atoms with Crippen molar-refractivity contribution in [2.45, 2.75) is 38.0 Å². The summed E-state index contributed by atoms with van der Waals surface area (Å²) in [5.41, 5.74) is 0. The fourth-order valence-corrected chi connectivity index (χ4v) is 2.95. The Hall–Kier alpha value is -0.660. The van der Waals surface area contributed by atoms with Crippen LogP contribution in [0.4, 0.5) is 0 Å². The molecule has 0 radical (unpaired) electrons. The summed E-state index contributed by atoms with van der Waals surface area (Å²) in [5.74, 6) is -1.32. The molecular formula is C10H20N2O4S. The van der Waals surface area contributed by atoms with Crippen molar-refractivity contribution in [3.8, 4) is 0 Å². The van der Waals surface area contributed by atoms with E-state index in [4.69, 9.17) is 5.11 Å². The van der Waals surface area contributed by atoms with E-state index < -0.39 is 21.2 Å². The second-order valence-electron chi connectivity index (χ2n) is 4.30. The fraction of sp³-hybridized carbons (Fsp3) is 0.900. The molecule has 0 aromatic carbocycles. The molecule has 0 aromatic heterocycles. The molecule has 0 aliphatic carbocycles. The fourth-order valence-electron chi connectivity index (χ4n) is 2.01. The maximum Gasteiger partial charge on any atom is 0.323 e. The van der Waals surface area contributed by atoms with Crippen LogP contribution in [0.3, 0.4) is 0 Å². The third kappa shape index (κ3) is 3.65. The van der Waals surface area contributed by atoms with Crippen molar-refractivity contribution in [3.05, 3.63) is 0 Å².